The lowest BCUT2D eigenvalue weighted by Gasteiger charge is -2.05. The molecule has 2 rings (SSSR count). The first-order valence-electron chi connectivity index (χ1n) is 5.84. The van der Waals surface area contributed by atoms with E-state index in [-0.39, 0.29) is 18.1 Å². The van der Waals surface area contributed by atoms with Crippen molar-refractivity contribution in [3.05, 3.63) is 47.2 Å². The normalized spacial score (nSPS) is 10.1. The predicted octanol–water partition coefficient (Wildman–Crippen LogP) is 2.17. The van der Waals surface area contributed by atoms with Crippen molar-refractivity contribution < 1.29 is 19.4 Å². The molecule has 7 nitrogen and oxygen atoms in total. The molecule has 20 heavy (non-hydrogen) atoms. The van der Waals surface area contributed by atoms with Gasteiger partial charge < -0.3 is 9.84 Å². The van der Waals surface area contributed by atoms with Crippen LogP contribution in [-0.4, -0.2) is 27.4 Å². The van der Waals surface area contributed by atoms with Crippen LogP contribution >= 0.6 is 0 Å². The smallest absolute Gasteiger partial charge is 0.413 e. The highest BCUT2D eigenvalue weighted by molar-refractivity contribution is 5.91. The molecule has 0 aliphatic rings. The molecule has 0 saturated heterocycles. The first-order valence-corrected chi connectivity index (χ1v) is 5.84. The van der Waals surface area contributed by atoms with Gasteiger partial charge in [-0.25, -0.2) is 9.59 Å². The average molecular weight is 275 g/mol. The summed E-state index contributed by atoms with van der Waals surface area (Å²) in [5, 5.41) is 17.3. The molecule has 0 aliphatic heterocycles. The number of anilines is 1. The molecule has 0 fully saturated rings. The number of rotatable bonds is 4. The molecule has 2 aromatic rings. The van der Waals surface area contributed by atoms with E-state index in [1.165, 1.54) is 0 Å². The predicted molar refractivity (Wildman–Crippen MR) is 70.5 cm³/mol. The second-order valence-electron chi connectivity index (χ2n) is 4.06. The molecule has 7 heteroatoms. The molecule has 1 amide bonds. The summed E-state index contributed by atoms with van der Waals surface area (Å²) in [6, 6.07) is 9.20. The van der Waals surface area contributed by atoms with Crippen LogP contribution < -0.4 is 5.32 Å². The summed E-state index contributed by atoms with van der Waals surface area (Å²) in [6.07, 6.45) is -0.694. The number of aromatic carboxylic acids is 1. The first kappa shape index (κ1) is 13.6. The van der Waals surface area contributed by atoms with Gasteiger partial charge in [-0.1, -0.05) is 30.3 Å². The third kappa shape index (κ3) is 3.14. The van der Waals surface area contributed by atoms with Gasteiger partial charge in [0.2, 0.25) is 0 Å². The first-order chi connectivity index (χ1) is 9.58. The van der Waals surface area contributed by atoms with Crippen LogP contribution in [0.25, 0.3) is 0 Å². The minimum atomic E-state index is -1.14. The van der Waals surface area contributed by atoms with Gasteiger partial charge in [0, 0.05) is 5.56 Å². The number of carbonyl (C=O) groups is 2. The Morgan fingerprint density at radius 2 is 2.05 bits per heavy atom. The largest absolute Gasteiger partial charge is 0.477 e. The second-order valence-corrected chi connectivity index (χ2v) is 4.06. The fourth-order valence-electron chi connectivity index (χ4n) is 1.58. The third-order valence-electron chi connectivity index (χ3n) is 2.66. The van der Waals surface area contributed by atoms with Crippen LogP contribution in [0, 0.1) is 6.92 Å². The van der Waals surface area contributed by atoms with Crippen LogP contribution in [0.5, 0.6) is 0 Å². The fourth-order valence-corrected chi connectivity index (χ4v) is 1.58. The van der Waals surface area contributed by atoms with Crippen molar-refractivity contribution in [2.75, 3.05) is 5.32 Å². The summed E-state index contributed by atoms with van der Waals surface area (Å²) in [5.74, 6) is -0.999. The van der Waals surface area contributed by atoms with Crippen molar-refractivity contribution in [1.29, 1.82) is 0 Å². The van der Waals surface area contributed by atoms with Crippen LogP contribution in [0.2, 0.25) is 0 Å². The van der Waals surface area contributed by atoms with Gasteiger partial charge in [0.25, 0.3) is 0 Å². The quantitative estimate of drug-likeness (QED) is 0.793. The van der Waals surface area contributed by atoms with Crippen molar-refractivity contribution >= 4 is 17.9 Å². The molecular weight excluding hydrogens is 262 g/mol. The van der Waals surface area contributed by atoms with Gasteiger partial charge in [-0.05, 0) is 12.5 Å². The van der Waals surface area contributed by atoms with Gasteiger partial charge >= 0.3 is 12.1 Å². The van der Waals surface area contributed by atoms with E-state index in [4.69, 9.17) is 9.84 Å². The van der Waals surface area contributed by atoms with Gasteiger partial charge in [0.15, 0.2) is 5.82 Å². The lowest BCUT2D eigenvalue weighted by molar-refractivity contribution is 0.0689. The van der Waals surface area contributed by atoms with E-state index in [0.717, 1.165) is 5.56 Å². The highest BCUT2D eigenvalue weighted by Gasteiger charge is 2.16. The van der Waals surface area contributed by atoms with Crippen molar-refractivity contribution in [3.63, 3.8) is 0 Å². The Kier molecular flexibility index (Phi) is 3.99. The Hall–Kier alpha value is -2.83. The van der Waals surface area contributed by atoms with E-state index in [0.29, 0.717) is 5.56 Å². The number of nitrogens with zero attached hydrogens (tertiary/aromatic N) is 1. The standard InChI is InChI=1S/C13H13N3O4/c1-8-10(12(17)18)15-16-11(8)14-13(19)20-7-9-5-3-2-4-6-9/h2-6H,7H2,1H3,(H,17,18)(H2,14,15,16,19). The Balaban J connectivity index is 1.93. The Bertz CT molecular complexity index is 622. The molecular formula is C13H13N3O4. The highest BCUT2D eigenvalue weighted by Crippen LogP contribution is 2.15. The van der Waals surface area contributed by atoms with Gasteiger partial charge in [-0.15, -0.1) is 0 Å². The monoisotopic (exact) mass is 275 g/mol. The summed E-state index contributed by atoms with van der Waals surface area (Å²) >= 11 is 0. The minimum Gasteiger partial charge on any atom is -0.477 e. The number of benzene rings is 1. The molecule has 0 atom stereocenters. The minimum absolute atomic E-state index is 0.0663. The van der Waals surface area contributed by atoms with E-state index in [1.807, 2.05) is 30.3 Å². The number of hydrogen-bond donors (Lipinski definition) is 3. The van der Waals surface area contributed by atoms with Crippen molar-refractivity contribution in [2.45, 2.75) is 13.5 Å². The Morgan fingerprint density at radius 3 is 2.65 bits per heavy atom. The lowest BCUT2D eigenvalue weighted by atomic mass is 10.2. The second kappa shape index (κ2) is 5.87. The topological polar surface area (TPSA) is 104 Å². The van der Waals surface area contributed by atoms with Crippen molar-refractivity contribution in [2.24, 2.45) is 0 Å². The third-order valence-corrected chi connectivity index (χ3v) is 2.66. The number of ether oxygens (including phenoxy) is 1. The van der Waals surface area contributed by atoms with Crippen LogP contribution in [0.4, 0.5) is 10.6 Å². The SMILES string of the molecule is Cc1c(NC(=O)OCc2ccccc2)n[nH]c1C(=O)O. The summed E-state index contributed by atoms with van der Waals surface area (Å²) in [6.45, 7) is 1.67. The average Bonchev–Trinajstić information content (AvgIpc) is 2.79. The van der Waals surface area contributed by atoms with Crippen LogP contribution in [0.1, 0.15) is 21.6 Å². The number of carbonyl (C=O) groups excluding carboxylic acids is 1. The number of amides is 1. The molecule has 0 saturated carbocycles. The molecule has 104 valence electrons. The summed E-state index contributed by atoms with van der Waals surface area (Å²) in [7, 11) is 0. The maximum Gasteiger partial charge on any atom is 0.413 e. The zero-order valence-corrected chi connectivity index (χ0v) is 10.7. The number of aromatic nitrogens is 2. The van der Waals surface area contributed by atoms with Gasteiger partial charge in [0.05, 0.1) is 0 Å². The number of H-pyrrole nitrogens is 1. The highest BCUT2D eigenvalue weighted by atomic mass is 16.5. The van der Waals surface area contributed by atoms with Crippen molar-refractivity contribution in [1.82, 2.24) is 10.2 Å². The number of carboxylic acids is 1. The van der Waals surface area contributed by atoms with Crippen LogP contribution in [0.3, 0.4) is 0 Å². The van der Waals surface area contributed by atoms with E-state index in [9.17, 15) is 9.59 Å². The lowest BCUT2D eigenvalue weighted by Crippen LogP contribution is -2.14. The summed E-state index contributed by atoms with van der Waals surface area (Å²) < 4.78 is 5.01. The van der Waals surface area contributed by atoms with Gasteiger partial charge in [0.1, 0.15) is 12.3 Å². The number of nitrogens with one attached hydrogen (secondary N) is 2. The number of aromatic amines is 1. The maximum absolute atomic E-state index is 11.6. The van der Waals surface area contributed by atoms with Gasteiger partial charge in [-0.3, -0.25) is 10.4 Å². The van der Waals surface area contributed by atoms with E-state index < -0.39 is 12.1 Å². The summed E-state index contributed by atoms with van der Waals surface area (Å²) in [5.41, 5.74) is 1.13. The zero-order chi connectivity index (χ0) is 14.5. The van der Waals surface area contributed by atoms with E-state index in [2.05, 4.69) is 15.5 Å². The molecule has 0 spiro atoms. The Morgan fingerprint density at radius 1 is 1.35 bits per heavy atom. The van der Waals surface area contributed by atoms with Crippen molar-refractivity contribution in [3.8, 4) is 0 Å². The van der Waals surface area contributed by atoms with E-state index >= 15 is 0 Å². The molecule has 1 heterocycles. The molecule has 0 aliphatic carbocycles. The summed E-state index contributed by atoms with van der Waals surface area (Å²) in [4.78, 5) is 22.4. The zero-order valence-electron chi connectivity index (χ0n) is 10.7. The maximum atomic E-state index is 11.6. The molecule has 0 bridgehead atoms. The number of hydrogen-bond acceptors (Lipinski definition) is 4. The number of carboxylic acid groups (broad SMARTS) is 1. The molecule has 0 radical (unpaired) electrons. The Labute approximate surface area is 114 Å². The molecule has 3 N–H and O–H groups in total. The van der Waals surface area contributed by atoms with E-state index in [1.54, 1.807) is 6.92 Å². The molecule has 1 aromatic heterocycles. The van der Waals surface area contributed by atoms with Crippen LogP contribution in [-0.2, 0) is 11.3 Å². The van der Waals surface area contributed by atoms with Crippen LogP contribution in [0.15, 0.2) is 30.3 Å². The fraction of sp³-hybridized carbons (Fsp3) is 0.154. The van der Waals surface area contributed by atoms with Gasteiger partial charge in [-0.2, -0.15) is 5.10 Å². The molecule has 1 aromatic carbocycles. The molecule has 0 unspecified atom stereocenters.